The number of aryl methyl sites for hydroxylation is 3. The highest BCUT2D eigenvalue weighted by molar-refractivity contribution is 7.92. The normalized spacial score (nSPS) is 11.3. The number of sulfonamides is 1. The Kier molecular flexibility index (Phi) is 7.35. The first-order chi connectivity index (χ1) is 14.8. The number of hydrogen-bond acceptors (Lipinski definition) is 4. The van der Waals surface area contributed by atoms with E-state index in [1.807, 2.05) is 30.7 Å². The van der Waals surface area contributed by atoms with E-state index in [4.69, 9.17) is 11.6 Å². The standard InChI is InChI=1S/C22H25ClN4O3S/c1-17-4-7-20(14-18(17)2)27(31(29,30)21-8-5-19(23)6-9-21)15-22(28)25-10-3-12-26-13-11-24-16-26/h4-9,11,13-14,16H,3,10,12,15H2,1-2H3,(H,25,28). The number of anilines is 1. The third-order valence-corrected chi connectivity index (χ3v) is 6.98. The maximum Gasteiger partial charge on any atom is 0.264 e. The molecule has 0 unspecified atom stereocenters. The van der Waals surface area contributed by atoms with Crippen LogP contribution in [0, 0.1) is 13.8 Å². The lowest BCUT2D eigenvalue weighted by Gasteiger charge is -2.25. The van der Waals surface area contributed by atoms with Crippen molar-refractivity contribution in [3.05, 3.63) is 77.3 Å². The van der Waals surface area contributed by atoms with Crippen molar-refractivity contribution in [2.24, 2.45) is 0 Å². The first-order valence-corrected chi connectivity index (χ1v) is 11.7. The second kappa shape index (κ2) is 9.98. The SMILES string of the molecule is Cc1ccc(N(CC(=O)NCCCn2ccnc2)S(=O)(=O)c2ccc(Cl)cc2)cc1C. The van der Waals surface area contributed by atoms with Crippen LogP contribution in [0.3, 0.4) is 0 Å². The summed E-state index contributed by atoms with van der Waals surface area (Å²) in [6.07, 6.45) is 5.96. The topological polar surface area (TPSA) is 84.3 Å². The summed E-state index contributed by atoms with van der Waals surface area (Å²) in [6.45, 7) is 4.67. The number of nitrogens with one attached hydrogen (secondary N) is 1. The number of halogens is 1. The van der Waals surface area contributed by atoms with Gasteiger partial charge in [-0.2, -0.15) is 0 Å². The van der Waals surface area contributed by atoms with Crippen LogP contribution in [0.1, 0.15) is 17.5 Å². The van der Waals surface area contributed by atoms with E-state index in [9.17, 15) is 13.2 Å². The van der Waals surface area contributed by atoms with Crippen molar-refractivity contribution in [2.45, 2.75) is 31.7 Å². The van der Waals surface area contributed by atoms with Crippen molar-refractivity contribution >= 4 is 33.2 Å². The fourth-order valence-corrected chi connectivity index (χ4v) is 4.56. The van der Waals surface area contributed by atoms with Gasteiger partial charge in [0.1, 0.15) is 6.54 Å². The van der Waals surface area contributed by atoms with Crippen LogP contribution in [0.4, 0.5) is 5.69 Å². The highest BCUT2D eigenvalue weighted by atomic mass is 35.5. The van der Waals surface area contributed by atoms with Crippen LogP contribution in [-0.2, 0) is 21.4 Å². The summed E-state index contributed by atoms with van der Waals surface area (Å²) in [5, 5.41) is 3.24. The van der Waals surface area contributed by atoms with Gasteiger partial charge in [0.25, 0.3) is 10.0 Å². The zero-order valence-corrected chi connectivity index (χ0v) is 19.0. The maximum atomic E-state index is 13.4. The molecule has 9 heteroatoms. The van der Waals surface area contributed by atoms with Gasteiger partial charge in [0, 0.05) is 30.5 Å². The van der Waals surface area contributed by atoms with Crippen LogP contribution in [0.15, 0.2) is 66.1 Å². The second-order valence-corrected chi connectivity index (χ2v) is 9.54. The molecule has 2 aromatic carbocycles. The molecule has 0 bridgehead atoms. The smallest absolute Gasteiger partial charge is 0.264 e. The Morgan fingerprint density at radius 2 is 1.87 bits per heavy atom. The van der Waals surface area contributed by atoms with Crippen LogP contribution in [0.2, 0.25) is 5.02 Å². The van der Waals surface area contributed by atoms with Crippen LogP contribution < -0.4 is 9.62 Å². The van der Waals surface area contributed by atoms with Crippen molar-refractivity contribution in [1.29, 1.82) is 0 Å². The summed E-state index contributed by atoms with van der Waals surface area (Å²) in [6, 6.07) is 11.2. The average molecular weight is 461 g/mol. The summed E-state index contributed by atoms with van der Waals surface area (Å²) in [4.78, 5) is 16.7. The molecule has 3 rings (SSSR count). The van der Waals surface area contributed by atoms with Gasteiger partial charge in [0.05, 0.1) is 16.9 Å². The lowest BCUT2D eigenvalue weighted by atomic mass is 10.1. The number of carbonyl (C=O) groups is 1. The molecule has 0 fully saturated rings. The number of aromatic nitrogens is 2. The molecule has 7 nitrogen and oxygen atoms in total. The Labute approximate surface area is 187 Å². The van der Waals surface area contributed by atoms with Gasteiger partial charge < -0.3 is 9.88 Å². The number of carbonyl (C=O) groups excluding carboxylic acids is 1. The van der Waals surface area contributed by atoms with Gasteiger partial charge in [0.15, 0.2) is 0 Å². The van der Waals surface area contributed by atoms with E-state index in [0.29, 0.717) is 30.2 Å². The minimum absolute atomic E-state index is 0.0723. The Hall–Kier alpha value is -2.84. The third kappa shape index (κ3) is 5.86. The average Bonchev–Trinajstić information content (AvgIpc) is 3.25. The molecule has 0 aliphatic heterocycles. The molecule has 1 aromatic heterocycles. The van der Waals surface area contributed by atoms with E-state index in [2.05, 4.69) is 10.3 Å². The predicted molar refractivity (Wildman–Crippen MR) is 122 cm³/mol. The van der Waals surface area contributed by atoms with Gasteiger partial charge in [-0.05, 0) is 67.8 Å². The molecule has 0 aliphatic carbocycles. The van der Waals surface area contributed by atoms with Crippen molar-refractivity contribution in [3.8, 4) is 0 Å². The van der Waals surface area contributed by atoms with E-state index in [1.54, 1.807) is 24.7 Å². The van der Waals surface area contributed by atoms with Crippen LogP contribution in [0.25, 0.3) is 0 Å². The number of hydrogen-bond donors (Lipinski definition) is 1. The molecule has 31 heavy (non-hydrogen) atoms. The molecule has 0 atom stereocenters. The zero-order valence-electron chi connectivity index (χ0n) is 17.5. The van der Waals surface area contributed by atoms with Gasteiger partial charge in [-0.15, -0.1) is 0 Å². The third-order valence-electron chi connectivity index (χ3n) is 4.94. The number of rotatable bonds is 9. The Morgan fingerprint density at radius 1 is 1.13 bits per heavy atom. The van der Waals surface area contributed by atoms with Gasteiger partial charge in [0.2, 0.25) is 5.91 Å². The molecule has 1 heterocycles. The first-order valence-electron chi connectivity index (χ1n) is 9.85. The monoisotopic (exact) mass is 460 g/mol. The van der Waals surface area contributed by atoms with Crippen molar-refractivity contribution in [2.75, 3.05) is 17.4 Å². The summed E-state index contributed by atoms with van der Waals surface area (Å²) >= 11 is 5.91. The highest BCUT2D eigenvalue weighted by Crippen LogP contribution is 2.26. The zero-order chi connectivity index (χ0) is 22.4. The molecular formula is C22H25ClN4O3S. The summed E-state index contributed by atoms with van der Waals surface area (Å²) in [7, 11) is -3.96. The van der Waals surface area contributed by atoms with Gasteiger partial charge in [-0.1, -0.05) is 17.7 Å². The van der Waals surface area contributed by atoms with E-state index < -0.39 is 10.0 Å². The Bertz CT molecular complexity index is 1130. The predicted octanol–water partition coefficient (Wildman–Crippen LogP) is 3.56. The molecule has 1 N–H and O–H groups in total. The molecule has 0 aliphatic rings. The molecule has 0 saturated heterocycles. The van der Waals surface area contributed by atoms with Crippen LogP contribution in [0.5, 0.6) is 0 Å². The number of nitrogens with zero attached hydrogens (tertiary/aromatic N) is 3. The highest BCUT2D eigenvalue weighted by Gasteiger charge is 2.27. The lowest BCUT2D eigenvalue weighted by molar-refractivity contribution is -0.119. The van der Waals surface area contributed by atoms with Crippen LogP contribution >= 0.6 is 11.6 Å². The molecular weight excluding hydrogens is 436 g/mol. The van der Waals surface area contributed by atoms with Crippen molar-refractivity contribution in [3.63, 3.8) is 0 Å². The molecule has 0 radical (unpaired) electrons. The minimum Gasteiger partial charge on any atom is -0.354 e. The van der Waals surface area contributed by atoms with Crippen molar-refractivity contribution in [1.82, 2.24) is 14.9 Å². The maximum absolute atomic E-state index is 13.4. The van der Waals surface area contributed by atoms with Gasteiger partial charge in [-0.25, -0.2) is 13.4 Å². The molecule has 3 aromatic rings. The van der Waals surface area contributed by atoms with Gasteiger partial charge in [-0.3, -0.25) is 9.10 Å². The number of benzene rings is 2. The Balaban J connectivity index is 1.77. The quantitative estimate of drug-likeness (QED) is 0.495. The first kappa shape index (κ1) is 22.8. The molecule has 1 amide bonds. The molecule has 0 spiro atoms. The van der Waals surface area contributed by atoms with Gasteiger partial charge >= 0.3 is 0 Å². The molecule has 164 valence electrons. The van der Waals surface area contributed by atoms with Crippen LogP contribution in [-0.4, -0.2) is 37.0 Å². The summed E-state index contributed by atoms with van der Waals surface area (Å²) in [5.41, 5.74) is 2.41. The largest absolute Gasteiger partial charge is 0.354 e. The van der Waals surface area contributed by atoms with E-state index in [-0.39, 0.29) is 17.3 Å². The number of amides is 1. The summed E-state index contributed by atoms with van der Waals surface area (Å²) in [5.74, 6) is -0.374. The summed E-state index contributed by atoms with van der Waals surface area (Å²) < 4.78 is 29.8. The van der Waals surface area contributed by atoms with E-state index in [0.717, 1.165) is 15.4 Å². The Morgan fingerprint density at radius 3 is 2.52 bits per heavy atom. The van der Waals surface area contributed by atoms with E-state index in [1.165, 1.54) is 24.3 Å². The fourth-order valence-electron chi connectivity index (χ4n) is 3.02. The van der Waals surface area contributed by atoms with E-state index >= 15 is 0 Å². The van der Waals surface area contributed by atoms with Crippen molar-refractivity contribution < 1.29 is 13.2 Å². The number of imidazole rings is 1. The lowest BCUT2D eigenvalue weighted by Crippen LogP contribution is -2.41. The molecule has 0 saturated carbocycles. The fraction of sp³-hybridized carbons (Fsp3) is 0.273. The second-order valence-electron chi connectivity index (χ2n) is 7.24. The minimum atomic E-state index is -3.96.